The molecule has 2 atom stereocenters. The minimum Gasteiger partial charge on any atom is -0.493 e. The van der Waals surface area contributed by atoms with Gasteiger partial charge in [0.15, 0.2) is 0 Å². The van der Waals surface area contributed by atoms with Gasteiger partial charge in [0.05, 0.1) is 49.8 Å². The van der Waals surface area contributed by atoms with Crippen molar-refractivity contribution in [2.45, 2.75) is 44.3 Å². The lowest BCUT2D eigenvalue weighted by atomic mass is 9.82. The number of hydrogen-bond donors (Lipinski definition) is 0. The van der Waals surface area contributed by atoms with Crippen LogP contribution in [0.3, 0.4) is 0 Å². The second-order valence-corrected chi connectivity index (χ2v) is 12.3. The fourth-order valence-corrected chi connectivity index (χ4v) is 5.73. The molecule has 0 spiro atoms. The average molecular weight is 643 g/mol. The standard InChI is InChI=1S/C37H32F2O8/c1-37(2)31-15-23(46-35(40)29-9-3-21(17-33(29)38)42-13-11-25-19-44-25)5-7-27(31)28-8-6-24(16-32(28)37)47-36(41)30-10-4-22(18-34(30)39)43-14-12-26-20-45-26/h3-10,15-18,25-26H,11-14,19-20H2,1-2H3. The van der Waals surface area contributed by atoms with Gasteiger partial charge in [0.25, 0.3) is 0 Å². The van der Waals surface area contributed by atoms with E-state index in [2.05, 4.69) is 0 Å². The third-order valence-electron chi connectivity index (χ3n) is 8.58. The van der Waals surface area contributed by atoms with Crippen molar-refractivity contribution >= 4 is 11.9 Å². The third-order valence-corrected chi connectivity index (χ3v) is 8.58. The Hall–Kier alpha value is -4.80. The van der Waals surface area contributed by atoms with Gasteiger partial charge in [-0.05, 0) is 70.8 Å². The van der Waals surface area contributed by atoms with Gasteiger partial charge >= 0.3 is 11.9 Å². The number of fused-ring (bicyclic) bond motifs is 3. The first-order valence-corrected chi connectivity index (χ1v) is 15.5. The van der Waals surface area contributed by atoms with Crippen molar-refractivity contribution in [2.24, 2.45) is 0 Å². The Balaban J connectivity index is 1.02. The number of halogens is 2. The van der Waals surface area contributed by atoms with Gasteiger partial charge < -0.3 is 28.4 Å². The van der Waals surface area contributed by atoms with Crippen LogP contribution in [0.15, 0.2) is 72.8 Å². The molecule has 7 rings (SSSR count). The Bertz CT molecular complexity index is 1730. The van der Waals surface area contributed by atoms with Crippen LogP contribution < -0.4 is 18.9 Å². The maximum absolute atomic E-state index is 14.8. The predicted molar refractivity (Wildman–Crippen MR) is 166 cm³/mol. The van der Waals surface area contributed by atoms with E-state index >= 15 is 0 Å². The number of carbonyl (C=O) groups excluding carboxylic acids is 2. The molecule has 2 aliphatic heterocycles. The summed E-state index contributed by atoms with van der Waals surface area (Å²) in [5.41, 5.74) is 2.60. The second kappa shape index (κ2) is 12.4. The van der Waals surface area contributed by atoms with Crippen LogP contribution >= 0.6 is 0 Å². The molecule has 2 unspecified atom stereocenters. The largest absolute Gasteiger partial charge is 0.493 e. The van der Waals surface area contributed by atoms with E-state index in [1.54, 1.807) is 24.3 Å². The number of hydrogen-bond acceptors (Lipinski definition) is 8. The van der Waals surface area contributed by atoms with Crippen molar-refractivity contribution in [3.8, 4) is 34.1 Å². The molecule has 0 N–H and O–H groups in total. The molecular formula is C37H32F2O8. The summed E-state index contributed by atoms with van der Waals surface area (Å²) in [4.78, 5) is 25.8. The highest BCUT2D eigenvalue weighted by Crippen LogP contribution is 2.50. The summed E-state index contributed by atoms with van der Waals surface area (Å²) in [6, 6.07) is 18.6. The minimum absolute atomic E-state index is 0.206. The maximum Gasteiger partial charge on any atom is 0.346 e. The second-order valence-electron chi connectivity index (χ2n) is 12.3. The molecule has 10 heteroatoms. The van der Waals surface area contributed by atoms with Crippen LogP contribution in [0.25, 0.3) is 11.1 Å². The monoisotopic (exact) mass is 642 g/mol. The lowest BCUT2D eigenvalue weighted by Gasteiger charge is -2.22. The summed E-state index contributed by atoms with van der Waals surface area (Å²) in [6.45, 7) is 6.22. The maximum atomic E-state index is 14.8. The van der Waals surface area contributed by atoms with Crippen LogP contribution in [-0.4, -0.2) is 50.6 Å². The molecule has 242 valence electrons. The molecule has 2 saturated heterocycles. The van der Waals surface area contributed by atoms with Gasteiger partial charge in [-0.25, -0.2) is 18.4 Å². The van der Waals surface area contributed by atoms with Gasteiger partial charge in [-0.15, -0.1) is 0 Å². The molecule has 4 aromatic carbocycles. The average Bonchev–Trinajstić information content (AvgIpc) is 3.98. The molecule has 2 heterocycles. The number of rotatable bonds is 12. The zero-order valence-corrected chi connectivity index (χ0v) is 25.8. The van der Waals surface area contributed by atoms with Crippen molar-refractivity contribution in [3.05, 3.63) is 107 Å². The van der Waals surface area contributed by atoms with Gasteiger partial charge in [0.1, 0.15) is 34.6 Å². The molecule has 8 nitrogen and oxygen atoms in total. The van der Waals surface area contributed by atoms with Gasteiger partial charge in [-0.2, -0.15) is 0 Å². The quantitative estimate of drug-likeness (QED) is 0.0923. The normalized spacial score (nSPS) is 18.1. The fourth-order valence-electron chi connectivity index (χ4n) is 5.73. The first-order valence-electron chi connectivity index (χ1n) is 15.5. The Morgan fingerprint density at radius 2 is 1.06 bits per heavy atom. The topological polar surface area (TPSA) is 96.1 Å². The number of benzene rings is 4. The van der Waals surface area contributed by atoms with Crippen molar-refractivity contribution < 1.29 is 46.8 Å². The Labute approximate surface area is 270 Å². The van der Waals surface area contributed by atoms with E-state index in [0.717, 1.165) is 48.3 Å². The van der Waals surface area contributed by atoms with Gasteiger partial charge in [-0.1, -0.05) is 26.0 Å². The molecule has 3 aliphatic rings. The number of ether oxygens (including phenoxy) is 6. The van der Waals surface area contributed by atoms with Crippen molar-refractivity contribution in [1.82, 2.24) is 0 Å². The summed E-state index contributed by atoms with van der Waals surface area (Å²) < 4.78 is 62.1. The van der Waals surface area contributed by atoms with E-state index in [-0.39, 0.29) is 34.8 Å². The van der Waals surface area contributed by atoms with Crippen LogP contribution in [0.4, 0.5) is 8.78 Å². The van der Waals surface area contributed by atoms with Crippen LogP contribution in [0.5, 0.6) is 23.0 Å². The Morgan fingerprint density at radius 1 is 0.660 bits per heavy atom. The first kappa shape index (κ1) is 30.8. The molecule has 4 aromatic rings. The fraction of sp³-hybridized carbons (Fsp3) is 0.297. The zero-order chi connectivity index (χ0) is 32.7. The highest BCUT2D eigenvalue weighted by molar-refractivity contribution is 5.93. The number of carbonyl (C=O) groups is 2. The lowest BCUT2D eigenvalue weighted by molar-refractivity contribution is 0.0719. The molecule has 47 heavy (non-hydrogen) atoms. The van der Waals surface area contributed by atoms with Crippen molar-refractivity contribution in [3.63, 3.8) is 0 Å². The summed E-state index contributed by atoms with van der Waals surface area (Å²) in [5.74, 6) is -1.98. The van der Waals surface area contributed by atoms with E-state index in [4.69, 9.17) is 28.4 Å². The Kier molecular flexibility index (Phi) is 8.15. The smallest absolute Gasteiger partial charge is 0.346 e. The van der Waals surface area contributed by atoms with Crippen LogP contribution in [0, 0.1) is 11.6 Å². The highest BCUT2D eigenvalue weighted by atomic mass is 19.1. The van der Waals surface area contributed by atoms with E-state index < -0.39 is 29.0 Å². The first-order chi connectivity index (χ1) is 22.7. The van der Waals surface area contributed by atoms with Crippen molar-refractivity contribution in [1.29, 1.82) is 0 Å². The van der Waals surface area contributed by atoms with Gasteiger partial charge in [0, 0.05) is 30.4 Å². The SMILES string of the molecule is CC1(C)c2cc(OC(=O)c3ccc(OCCC4CO4)cc3F)ccc2-c2ccc(OC(=O)c3ccc(OCCC4CO4)cc3F)cc21. The summed E-state index contributed by atoms with van der Waals surface area (Å²) in [7, 11) is 0. The molecule has 0 saturated carbocycles. The van der Waals surface area contributed by atoms with E-state index in [1.807, 2.05) is 26.0 Å². The van der Waals surface area contributed by atoms with E-state index in [9.17, 15) is 18.4 Å². The molecular weight excluding hydrogens is 610 g/mol. The molecule has 2 fully saturated rings. The van der Waals surface area contributed by atoms with Gasteiger partial charge in [-0.3, -0.25) is 0 Å². The van der Waals surface area contributed by atoms with E-state index in [1.165, 1.54) is 36.4 Å². The zero-order valence-electron chi connectivity index (χ0n) is 25.8. The summed E-state index contributed by atoms with van der Waals surface area (Å²) in [5, 5.41) is 0. The lowest BCUT2D eigenvalue weighted by Crippen LogP contribution is -2.16. The number of epoxide rings is 2. The molecule has 0 amide bonds. The number of esters is 2. The minimum atomic E-state index is -0.831. The Morgan fingerprint density at radius 3 is 1.45 bits per heavy atom. The molecule has 0 bridgehead atoms. The van der Waals surface area contributed by atoms with Crippen LogP contribution in [0.2, 0.25) is 0 Å². The molecule has 0 radical (unpaired) electrons. The summed E-state index contributed by atoms with van der Waals surface area (Å²) in [6.07, 6.45) is 1.85. The summed E-state index contributed by atoms with van der Waals surface area (Å²) >= 11 is 0. The van der Waals surface area contributed by atoms with E-state index in [0.29, 0.717) is 24.7 Å². The molecule has 1 aliphatic carbocycles. The third kappa shape index (κ3) is 6.70. The van der Waals surface area contributed by atoms with Gasteiger partial charge in [0.2, 0.25) is 0 Å². The van der Waals surface area contributed by atoms with Crippen LogP contribution in [0.1, 0.15) is 58.5 Å². The molecule has 0 aromatic heterocycles. The van der Waals surface area contributed by atoms with Crippen LogP contribution in [-0.2, 0) is 14.9 Å². The highest BCUT2D eigenvalue weighted by Gasteiger charge is 2.36. The predicted octanol–water partition coefficient (Wildman–Crippen LogP) is 7.04. The van der Waals surface area contributed by atoms with Crippen molar-refractivity contribution in [2.75, 3.05) is 26.4 Å².